The van der Waals surface area contributed by atoms with Gasteiger partial charge < -0.3 is 0 Å². The van der Waals surface area contributed by atoms with E-state index in [1.165, 1.54) is 0 Å². The normalized spacial score (nSPS) is 6.60. The van der Waals surface area contributed by atoms with Crippen LogP contribution in [0, 0.1) is 5.41 Å². The highest BCUT2D eigenvalue weighted by Gasteiger charge is 1.71. The third-order valence-electron chi connectivity index (χ3n) is 0.139. The van der Waals surface area contributed by atoms with Gasteiger partial charge in [0.05, 0.1) is 0 Å². The Balaban J connectivity index is 3.20. The van der Waals surface area contributed by atoms with Crippen molar-refractivity contribution in [1.29, 1.82) is 5.41 Å². The van der Waals surface area contributed by atoms with Gasteiger partial charge >= 0.3 is 6.09 Å². The van der Waals surface area contributed by atoms with Gasteiger partial charge in [-0.2, -0.15) is 4.39 Å². The van der Waals surface area contributed by atoms with Crippen LogP contribution in [0.1, 0.15) is 0 Å². The van der Waals surface area contributed by atoms with E-state index in [9.17, 15) is 4.39 Å². The lowest BCUT2D eigenvalue weighted by atomic mass is 11.2. The van der Waals surface area contributed by atoms with Crippen molar-refractivity contribution in [2.45, 2.75) is 0 Å². The van der Waals surface area contributed by atoms with E-state index in [2.05, 4.69) is 11.7 Å². The molecule has 0 aliphatic rings. The van der Waals surface area contributed by atoms with Gasteiger partial charge in [0, 0.05) is 0 Å². The molecule has 5 heavy (non-hydrogen) atoms. The average Bonchev–Trinajstić information content (AvgIpc) is 1.38. The Kier molecular flexibility index (Phi) is 1.35. The zero-order valence-corrected chi connectivity index (χ0v) is 2.53. The molecule has 0 atom stereocenters. The second-order valence-electron chi connectivity index (χ2n) is 0.449. The van der Waals surface area contributed by atoms with Crippen molar-refractivity contribution < 1.29 is 4.39 Å². The Hall–Kier alpha value is -0.730. The summed E-state index contributed by atoms with van der Waals surface area (Å²) in [6.45, 7) is 2.71. The summed E-state index contributed by atoms with van der Waals surface area (Å²) >= 11 is 0. The first-order valence-electron chi connectivity index (χ1n) is 0.979. The van der Waals surface area contributed by atoms with Crippen molar-refractivity contribution in [3.8, 4) is 0 Å². The Bertz CT molecular complexity index is 58.7. The smallest absolute Gasteiger partial charge is 0.257 e. The maximum atomic E-state index is 10.8. The largest absolute Gasteiger partial charge is 0.300 e. The molecular weight excluding hydrogens is 71.0 g/mol. The van der Waals surface area contributed by atoms with Gasteiger partial charge in [-0.05, 0) is 6.72 Å². The van der Waals surface area contributed by atoms with Crippen LogP contribution in [0.2, 0.25) is 0 Å². The molecule has 2 nitrogen and oxygen atoms in total. The van der Waals surface area contributed by atoms with Crippen molar-refractivity contribution in [2.24, 2.45) is 4.99 Å². The van der Waals surface area contributed by atoms with E-state index in [4.69, 9.17) is 5.41 Å². The van der Waals surface area contributed by atoms with Gasteiger partial charge in [-0.1, -0.05) is 0 Å². The van der Waals surface area contributed by atoms with Gasteiger partial charge in [0.1, 0.15) is 0 Å². The number of hydrogen-bond acceptors (Lipinski definition) is 1. The van der Waals surface area contributed by atoms with E-state index < -0.39 is 6.09 Å². The molecule has 28 valence electrons. The molecule has 0 aromatic rings. The summed E-state index contributed by atoms with van der Waals surface area (Å²) in [5.41, 5.74) is 0. The fraction of sp³-hybridized carbons (Fsp3) is 0. The quantitative estimate of drug-likeness (QED) is 0.248. The summed E-state index contributed by atoms with van der Waals surface area (Å²) in [6.07, 6.45) is -1.23. The molecule has 3 heteroatoms. The van der Waals surface area contributed by atoms with E-state index >= 15 is 0 Å². The summed E-state index contributed by atoms with van der Waals surface area (Å²) in [6, 6.07) is 0. The van der Waals surface area contributed by atoms with Crippen LogP contribution < -0.4 is 0 Å². The third kappa shape index (κ3) is 3.27. The van der Waals surface area contributed by atoms with E-state index in [1.807, 2.05) is 0 Å². The predicted octanol–water partition coefficient (Wildman–Crippen LogP) is 0.591. The Morgan fingerprint density at radius 1 is 2.00 bits per heavy atom. The van der Waals surface area contributed by atoms with Crippen LogP contribution in [-0.2, 0) is 0 Å². The summed E-state index contributed by atoms with van der Waals surface area (Å²) in [5, 5.41) is 5.85. The number of rotatable bonds is 0. The SMILES string of the molecule is C=NC(=N)F. The highest BCUT2D eigenvalue weighted by Crippen LogP contribution is 1.66. The molecule has 0 heterocycles. The van der Waals surface area contributed by atoms with Crippen molar-refractivity contribution in [1.82, 2.24) is 0 Å². The second kappa shape index (κ2) is 1.58. The zero-order valence-electron chi connectivity index (χ0n) is 2.53. The highest BCUT2D eigenvalue weighted by atomic mass is 19.1. The standard InChI is InChI=1S/C2H3FN2/c1-5-2(3)4/h4H,1H2. The van der Waals surface area contributed by atoms with Crippen LogP contribution >= 0.6 is 0 Å². The first-order valence-corrected chi connectivity index (χ1v) is 0.979. The lowest BCUT2D eigenvalue weighted by Gasteiger charge is -1.64. The third-order valence-corrected chi connectivity index (χ3v) is 0.139. The van der Waals surface area contributed by atoms with Crippen molar-refractivity contribution in [3.05, 3.63) is 0 Å². The van der Waals surface area contributed by atoms with Crippen molar-refractivity contribution in [2.75, 3.05) is 0 Å². The van der Waals surface area contributed by atoms with Crippen LogP contribution in [0.25, 0.3) is 0 Å². The maximum absolute atomic E-state index is 10.8. The van der Waals surface area contributed by atoms with E-state index in [0.29, 0.717) is 0 Å². The molecule has 0 fully saturated rings. The number of nitrogens with zero attached hydrogens (tertiary/aromatic N) is 1. The average molecular weight is 74.1 g/mol. The molecule has 0 spiro atoms. The van der Waals surface area contributed by atoms with Crippen molar-refractivity contribution >= 4 is 12.8 Å². The molecule has 0 aliphatic heterocycles. The zero-order chi connectivity index (χ0) is 4.28. The number of amidine groups is 1. The predicted molar refractivity (Wildman–Crippen MR) is 18.4 cm³/mol. The Labute approximate surface area is 28.9 Å². The van der Waals surface area contributed by atoms with Gasteiger partial charge in [-0.3, -0.25) is 5.41 Å². The van der Waals surface area contributed by atoms with Gasteiger partial charge in [-0.15, -0.1) is 0 Å². The molecule has 0 saturated carbocycles. The molecule has 0 bridgehead atoms. The van der Waals surface area contributed by atoms with Gasteiger partial charge in [0.25, 0.3) is 0 Å². The minimum Gasteiger partial charge on any atom is -0.257 e. The fourth-order valence-electron chi connectivity index (χ4n) is 0. The minimum atomic E-state index is -1.23. The Morgan fingerprint density at radius 3 is 2.20 bits per heavy atom. The minimum absolute atomic E-state index is 1.23. The van der Waals surface area contributed by atoms with Gasteiger partial charge in [0.15, 0.2) is 0 Å². The molecule has 0 unspecified atom stereocenters. The van der Waals surface area contributed by atoms with E-state index in [0.717, 1.165) is 0 Å². The number of aliphatic imine (C=N–C) groups is 1. The first kappa shape index (κ1) is 4.27. The highest BCUT2D eigenvalue weighted by molar-refractivity contribution is 5.73. The molecule has 0 rings (SSSR count). The summed E-state index contributed by atoms with van der Waals surface area (Å²) in [5.74, 6) is 0. The van der Waals surface area contributed by atoms with Crippen LogP contribution in [0.3, 0.4) is 0 Å². The van der Waals surface area contributed by atoms with Crippen LogP contribution in [0.5, 0.6) is 0 Å². The summed E-state index contributed by atoms with van der Waals surface area (Å²) < 4.78 is 10.8. The first-order chi connectivity index (χ1) is 2.27. The van der Waals surface area contributed by atoms with Crippen LogP contribution in [-0.4, -0.2) is 12.8 Å². The van der Waals surface area contributed by atoms with E-state index in [1.54, 1.807) is 0 Å². The number of hydrogen-bond donors (Lipinski definition) is 1. The lowest BCUT2D eigenvalue weighted by molar-refractivity contribution is 0.782. The molecular formula is C2H3FN2. The van der Waals surface area contributed by atoms with Gasteiger partial charge in [-0.25, -0.2) is 4.99 Å². The number of nitrogens with one attached hydrogen (secondary N) is 1. The molecule has 1 N–H and O–H groups in total. The van der Waals surface area contributed by atoms with E-state index in [-0.39, 0.29) is 0 Å². The monoisotopic (exact) mass is 74.0 g/mol. The fourth-order valence-corrected chi connectivity index (χ4v) is 0. The van der Waals surface area contributed by atoms with Crippen LogP contribution in [0.4, 0.5) is 4.39 Å². The lowest BCUT2D eigenvalue weighted by Crippen LogP contribution is -1.69. The van der Waals surface area contributed by atoms with Crippen molar-refractivity contribution in [3.63, 3.8) is 0 Å². The number of halogens is 1. The molecule has 0 amide bonds. The van der Waals surface area contributed by atoms with Crippen LogP contribution in [0.15, 0.2) is 4.99 Å². The molecule has 0 aliphatic carbocycles. The maximum Gasteiger partial charge on any atom is 0.300 e. The Morgan fingerprint density at radius 2 is 2.20 bits per heavy atom. The van der Waals surface area contributed by atoms with Gasteiger partial charge in [0.2, 0.25) is 0 Å². The summed E-state index contributed by atoms with van der Waals surface area (Å²) in [7, 11) is 0. The molecule has 0 radical (unpaired) electrons. The topological polar surface area (TPSA) is 36.2 Å². The molecule has 0 aromatic heterocycles. The summed E-state index contributed by atoms with van der Waals surface area (Å²) in [4.78, 5) is 2.56. The molecule has 0 aromatic carbocycles. The molecule has 0 saturated heterocycles. The second-order valence-corrected chi connectivity index (χ2v) is 0.449.